The van der Waals surface area contributed by atoms with Crippen LogP contribution in [0.5, 0.6) is 11.5 Å². The lowest BCUT2D eigenvalue weighted by Gasteiger charge is -2.50. The summed E-state index contributed by atoms with van der Waals surface area (Å²) in [7, 11) is 0. The number of nitrogens with zero attached hydrogens (tertiary/aromatic N) is 5. The van der Waals surface area contributed by atoms with E-state index in [2.05, 4.69) is 20.8 Å². The Morgan fingerprint density at radius 1 is 1.16 bits per heavy atom. The number of aromatic hydroxyl groups is 2. The topological polar surface area (TPSA) is 276 Å². The number of thiazole rings is 1. The summed E-state index contributed by atoms with van der Waals surface area (Å²) in [6, 6.07) is -0.388. The van der Waals surface area contributed by atoms with Crippen molar-refractivity contribution in [2.45, 2.75) is 57.2 Å². The molecule has 3 aliphatic rings. The number of fused-ring (bicyclic) bond motifs is 2. The first-order valence-electron chi connectivity index (χ1n) is 17.7. The number of aliphatic carboxylic acids is 2. The standard InChI is InChI=1S/C35H39FN8O11S2/c1-4-42-12-18(25(45)17-11-19(36)26(46)27(47)24(17)42)28(48)38-7-10-44(8-5-6-9-44)13-16-14-56-31-22(30(50)43(31)23(16)32(51)52)40-29(49)21(20-15-57-34(37)39-20)41-55-35(2,3)33(53)54/h11-12,15,22,31H,4-10,13-14H2,1-3H3,(H7-,37,38,39,40,41,45,46,47,48,49,51,52,53,54)/p+1/t22-,31-/m1/s1. The average Bonchev–Trinajstić information content (AvgIpc) is 3.81. The maximum atomic E-state index is 14.3. The Balaban J connectivity index is 1.17. The van der Waals surface area contributed by atoms with E-state index in [1.54, 1.807) is 6.92 Å². The van der Waals surface area contributed by atoms with E-state index < -0.39 is 75.1 Å². The molecule has 2 aromatic heterocycles. The molecule has 6 rings (SSSR count). The lowest BCUT2D eigenvalue weighted by Crippen LogP contribution is -2.71. The number of nitrogens with one attached hydrogen (secondary N) is 2. The van der Waals surface area contributed by atoms with Gasteiger partial charge in [-0.05, 0) is 26.8 Å². The number of carbonyl (C=O) groups is 5. The van der Waals surface area contributed by atoms with Crippen LogP contribution in [0.15, 0.2) is 38.9 Å². The number of anilines is 1. The number of hydrogen-bond acceptors (Lipinski definition) is 14. The Hall–Kier alpha value is -5.74. The Morgan fingerprint density at radius 3 is 2.47 bits per heavy atom. The van der Waals surface area contributed by atoms with Crippen molar-refractivity contribution >= 4 is 74.5 Å². The number of aromatic nitrogens is 2. The highest BCUT2D eigenvalue weighted by molar-refractivity contribution is 8.00. The molecule has 304 valence electrons. The zero-order valence-corrected chi connectivity index (χ0v) is 32.5. The highest BCUT2D eigenvalue weighted by atomic mass is 32.2. The predicted octanol–water partition coefficient (Wildman–Crippen LogP) is 0.974. The second-order valence-electron chi connectivity index (χ2n) is 14.3. The quantitative estimate of drug-likeness (QED) is 0.0392. The van der Waals surface area contributed by atoms with E-state index in [1.165, 1.54) is 41.8 Å². The normalized spacial score (nSPS) is 19.3. The van der Waals surface area contributed by atoms with Crippen molar-refractivity contribution in [3.63, 3.8) is 0 Å². The number of carboxylic acid groups (broad SMARTS) is 2. The van der Waals surface area contributed by atoms with Crippen molar-refractivity contribution in [2.75, 3.05) is 44.2 Å². The van der Waals surface area contributed by atoms with Crippen molar-refractivity contribution < 1.29 is 58.1 Å². The van der Waals surface area contributed by atoms with Crippen molar-refractivity contribution in [2.24, 2.45) is 5.16 Å². The second kappa shape index (κ2) is 15.7. The highest BCUT2D eigenvalue weighted by Crippen LogP contribution is 2.42. The third kappa shape index (κ3) is 7.70. The molecule has 22 heteroatoms. The van der Waals surface area contributed by atoms with Crippen LogP contribution in [0.1, 0.15) is 49.7 Å². The summed E-state index contributed by atoms with van der Waals surface area (Å²) in [5.74, 6) is -7.86. The van der Waals surface area contributed by atoms with Gasteiger partial charge >= 0.3 is 11.9 Å². The van der Waals surface area contributed by atoms with Crippen molar-refractivity contribution in [1.29, 1.82) is 0 Å². The first-order valence-corrected chi connectivity index (χ1v) is 19.6. The minimum Gasteiger partial charge on any atom is -0.503 e. The Labute approximate surface area is 331 Å². The van der Waals surface area contributed by atoms with Gasteiger partial charge in [0.25, 0.3) is 17.7 Å². The SMILES string of the molecule is CCn1cc(C(=O)NCC[N+]2(CC3=C(C(=O)O)N4C(=O)[C@@H](NC(=O)C(=NOC(C)(C)C(=O)O)c5csc(N)n5)[C@H]4SC3)CCCC2)c(=O)c2cc(F)c(O)c(O)c21. The smallest absolute Gasteiger partial charge is 0.352 e. The summed E-state index contributed by atoms with van der Waals surface area (Å²) in [4.78, 5) is 88.2. The number of rotatable bonds is 14. The van der Waals surface area contributed by atoms with E-state index >= 15 is 0 Å². The predicted molar refractivity (Wildman–Crippen MR) is 204 cm³/mol. The molecular formula is C35H40FN8O11S2+. The number of halogens is 1. The summed E-state index contributed by atoms with van der Waals surface area (Å²) >= 11 is 2.25. The number of likely N-dealkylation sites (tertiary alicyclic amines) is 1. The number of β-lactam (4-membered cyclic amide) rings is 1. The van der Waals surface area contributed by atoms with Gasteiger partial charge in [0.1, 0.15) is 34.9 Å². The lowest BCUT2D eigenvalue weighted by atomic mass is 10.0. The number of phenolic OH excluding ortho intramolecular Hbond substituents is 2. The molecule has 1 aromatic carbocycles. The fraction of sp³-hybridized carbons (Fsp3) is 0.429. The van der Waals surface area contributed by atoms with Gasteiger partial charge in [-0.2, -0.15) is 0 Å². The number of phenols is 2. The molecule has 3 amide bonds. The number of carboxylic acids is 2. The van der Waals surface area contributed by atoms with Gasteiger partial charge in [-0.25, -0.2) is 19.0 Å². The van der Waals surface area contributed by atoms with Crippen molar-refractivity contribution in [1.82, 2.24) is 25.1 Å². The van der Waals surface area contributed by atoms with Crippen LogP contribution in [0.25, 0.3) is 10.9 Å². The van der Waals surface area contributed by atoms with Crippen LogP contribution in [0.2, 0.25) is 0 Å². The van der Waals surface area contributed by atoms with Crippen LogP contribution < -0.4 is 21.8 Å². The molecule has 3 aromatic rings. The van der Waals surface area contributed by atoms with E-state index in [1.807, 2.05) is 0 Å². The van der Waals surface area contributed by atoms with Gasteiger partial charge in [-0.1, -0.05) is 5.16 Å². The molecule has 3 aliphatic heterocycles. The van der Waals surface area contributed by atoms with Gasteiger partial charge < -0.3 is 50.7 Å². The zero-order valence-electron chi connectivity index (χ0n) is 30.9. The maximum absolute atomic E-state index is 14.3. The lowest BCUT2D eigenvalue weighted by molar-refractivity contribution is -0.911. The van der Waals surface area contributed by atoms with Crippen LogP contribution in [0.4, 0.5) is 9.52 Å². The fourth-order valence-electron chi connectivity index (χ4n) is 7.10. The summed E-state index contributed by atoms with van der Waals surface area (Å²) in [6.07, 6.45) is 2.88. The first kappa shape index (κ1) is 40.9. The van der Waals surface area contributed by atoms with Crippen molar-refractivity contribution in [3.05, 3.63) is 56.2 Å². The molecule has 19 nitrogen and oxygen atoms in total. The molecule has 0 saturated carbocycles. The molecule has 2 atom stereocenters. The number of quaternary nitrogens is 1. The van der Waals surface area contributed by atoms with E-state index in [0.717, 1.165) is 35.1 Å². The third-order valence-corrected chi connectivity index (χ3v) is 12.2. The molecule has 2 saturated heterocycles. The van der Waals surface area contributed by atoms with Gasteiger partial charge in [-0.3, -0.25) is 24.1 Å². The van der Waals surface area contributed by atoms with Crippen LogP contribution in [-0.4, -0.2) is 130 Å². The van der Waals surface area contributed by atoms with Gasteiger partial charge in [0.05, 0.1) is 37.1 Å². The number of amides is 3. The third-order valence-electron chi connectivity index (χ3n) is 10.2. The Bertz CT molecular complexity index is 2320. The zero-order chi connectivity index (χ0) is 41.6. The van der Waals surface area contributed by atoms with Crippen LogP contribution in [0.3, 0.4) is 0 Å². The maximum Gasteiger partial charge on any atom is 0.352 e. The molecule has 5 heterocycles. The average molecular weight is 832 g/mol. The number of carbonyl (C=O) groups excluding carboxylic acids is 3. The summed E-state index contributed by atoms with van der Waals surface area (Å²) in [6.45, 7) is 6.29. The van der Waals surface area contributed by atoms with Crippen LogP contribution >= 0.6 is 23.1 Å². The number of pyridine rings is 1. The summed E-state index contributed by atoms with van der Waals surface area (Å²) in [5.41, 5.74) is 2.50. The molecule has 0 radical (unpaired) electrons. The van der Waals surface area contributed by atoms with E-state index in [0.29, 0.717) is 29.7 Å². The Kier molecular flexibility index (Phi) is 11.2. The molecule has 0 bridgehead atoms. The van der Waals surface area contributed by atoms with Crippen LogP contribution in [-0.2, 0) is 30.6 Å². The first-order chi connectivity index (χ1) is 26.9. The molecule has 2 fully saturated rings. The van der Waals surface area contributed by atoms with Gasteiger partial charge in [0.15, 0.2) is 28.2 Å². The minimum atomic E-state index is -1.82. The van der Waals surface area contributed by atoms with E-state index in [4.69, 9.17) is 10.6 Å². The van der Waals surface area contributed by atoms with E-state index in [9.17, 15) is 53.6 Å². The number of nitrogens with two attached hydrogens (primary N) is 1. The minimum absolute atomic E-state index is 0.0208. The van der Waals surface area contributed by atoms with Crippen molar-refractivity contribution in [3.8, 4) is 11.5 Å². The fourth-order valence-corrected chi connectivity index (χ4v) is 8.99. The number of benzene rings is 1. The summed E-state index contributed by atoms with van der Waals surface area (Å²) < 4.78 is 16.0. The number of aryl methyl sites for hydroxylation is 1. The second-order valence-corrected chi connectivity index (χ2v) is 16.3. The van der Waals surface area contributed by atoms with Gasteiger partial charge in [0.2, 0.25) is 11.0 Å². The molecular weight excluding hydrogens is 792 g/mol. The largest absolute Gasteiger partial charge is 0.503 e. The monoisotopic (exact) mass is 831 g/mol. The number of thioether (sulfide) groups is 1. The molecule has 0 aliphatic carbocycles. The number of oxime groups is 1. The highest BCUT2D eigenvalue weighted by Gasteiger charge is 2.55. The molecule has 57 heavy (non-hydrogen) atoms. The van der Waals surface area contributed by atoms with Gasteiger partial charge in [0, 0.05) is 42.3 Å². The number of nitrogen functional groups attached to an aromatic ring is 1. The summed E-state index contributed by atoms with van der Waals surface area (Å²) in [5, 5.41) is 49.5. The van der Waals surface area contributed by atoms with E-state index in [-0.39, 0.29) is 58.4 Å². The molecule has 0 unspecified atom stereocenters. The van der Waals surface area contributed by atoms with Gasteiger partial charge in [-0.15, -0.1) is 23.1 Å². The molecule has 8 N–H and O–H groups in total. The number of hydrogen-bond donors (Lipinski definition) is 7. The molecule has 0 spiro atoms. The Morgan fingerprint density at radius 2 is 1.86 bits per heavy atom. The van der Waals surface area contributed by atoms with Crippen LogP contribution in [0, 0.1) is 5.82 Å².